The van der Waals surface area contributed by atoms with Gasteiger partial charge in [-0.2, -0.15) is 0 Å². The molecule has 18 heavy (non-hydrogen) atoms. The minimum absolute atomic E-state index is 0.114. The molecule has 0 spiro atoms. The molecule has 0 radical (unpaired) electrons. The highest BCUT2D eigenvalue weighted by Crippen LogP contribution is 2.31. The highest BCUT2D eigenvalue weighted by Gasteiger charge is 2.14. The number of halogens is 1. The van der Waals surface area contributed by atoms with Crippen LogP contribution in [0.3, 0.4) is 0 Å². The Morgan fingerprint density at radius 2 is 2.06 bits per heavy atom. The largest absolute Gasteiger partial charge is 0.466 e. The van der Waals surface area contributed by atoms with Crippen LogP contribution in [0.2, 0.25) is 5.02 Å². The Labute approximate surface area is 112 Å². The molecule has 1 unspecified atom stereocenters. The van der Waals surface area contributed by atoms with Crippen LogP contribution < -0.4 is 11.1 Å². The van der Waals surface area contributed by atoms with Gasteiger partial charge in [0.05, 0.1) is 22.4 Å². The molecule has 1 atom stereocenters. The second kappa shape index (κ2) is 4.94. The number of nitrogens with two attached hydrogens (primary N) is 1. The highest BCUT2D eigenvalue weighted by atomic mass is 35.5. The number of hydrogen-bond donors (Lipinski definition) is 2. The zero-order valence-electron chi connectivity index (χ0n) is 10.8. The lowest BCUT2D eigenvalue weighted by atomic mass is 10.1. The topological polar surface area (TPSA) is 51.2 Å². The summed E-state index contributed by atoms with van der Waals surface area (Å²) in [5.41, 5.74) is 8.48. The van der Waals surface area contributed by atoms with E-state index in [0.717, 1.165) is 22.8 Å². The van der Waals surface area contributed by atoms with Crippen molar-refractivity contribution in [2.24, 2.45) is 0 Å². The van der Waals surface area contributed by atoms with Crippen molar-refractivity contribution in [2.75, 3.05) is 11.1 Å². The van der Waals surface area contributed by atoms with E-state index >= 15 is 0 Å². The molecule has 0 bridgehead atoms. The summed E-state index contributed by atoms with van der Waals surface area (Å²) in [4.78, 5) is 0. The maximum atomic E-state index is 6.00. The van der Waals surface area contributed by atoms with Crippen molar-refractivity contribution >= 4 is 23.0 Å². The maximum absolute atomic E-state index is 6.00. The maximum Gasteiger partial charge on any atom is 0.106 e. The monoisotopic (exact) mass is 264 g/mol. The van der Waals surface area contributed by atoms with E-state index in [1.54, 1.807) is 6.07 Å². The number of furan rings is 1. The second-order valence-corrected chi connectivity index (χ2v) is 4.84. The molecular weight excluding hydrogens is 248 g/mol. The quantitative estimate of drug-likeness (QED) is 0.813. The predicted molar refractivity (Wildman–Crippen MR) is 76.1 cm³/mol. The predicted octanol–water partition coefficient (Wildman–Crippen LogP) is 4.31. The zero-order valence-corrected chi connectivity index (χ0v) is 11.5. The Kier molecular flexibility index (Phi) is 3.53. The third-order valence-corrected chi connectivity index (χ3v) is 3.30. The van der Waals surface area contributed by atoms with Crippen molar-refractivity contribution in [3.8, 4) is 0 Å². The fraction of sp³-hybridized carbons (Fsp3) is 0.286. The van der Waals surface area contributed by atoms with Crippen LogP contribution in [0.5, 0.6) is 0 Å². The van der Waals surface area contributed by atoms with E-state index in [0.29, 0.717) is 10.7 Å². The van der Waals surface area contributed by atoms with Crippen LogP contribution in [0.25, 0.3) is 0 Å². The number of hydrogen-bond acceptors (Lipinski definition) is 3. The summed E-state index contributed by atoms with van der Waals surface area (Å²) >= 11 is 6.00. The summed E-state index contributed by atoms with van der Waals surface area (Å²) in [6.45, 7) is 5.97. The van der Waals surface area contributed by atoms with E-state index in [1.165, 1.54) is 0 Å². The first-order chi connectivity index (χ1) is 8.49. The number of para-hydroxylation sites is 1. The molecule has 0 saturated heterocycles. The summed E-state index contributed by atoms with van der Waals surface area (Å²) in [6.07, 6.45) is 0. The van der Waals surface area contributed by atoms with Gasteiger partial charge >= 0.3 is 0 Å². The van der Waals surface area contributed by atoms with E-state index < -0.39 is 0 Å². The first kappa shape index (κ1) is 12.8. The first-order valence-electron chi connectivity index (χ1n) is 5.86. The van der Waals surface area contributed by atoms with Gasteiger partial charge in [-0.1, -0.05) is 17.7 Å². The van der Waals surface area contributed by atoms with Crippen molar-refractivity contribution in [2.45, 2.75) is 26.8 Å². The molecule has 0 amide bonds. The summed E-state index contributed by atoms with van der Waals surface area (Å²) in [7, 11) is 0. The Balaban J connectivity index is 2.24. The normalized spacial score (nSPS) is 12.4. The van der Waals surface area contributed by atoms with Crippen LogP contribution in [-0.2, 0) is 0 Å². The molecule has 0 aliphatic carbocycles. The minimum Gasteiger partial charge on any atom is -0.466 e. The van der Waals surface area contributed by atoms with Crippen molar-refractivity contribution in [3.63, 3.8) is 0 Å². The lowest BCUT2D eigenvalue weighted by molar-refractivity contribution is 0.500. The van der Waals surface area contributed by atoms with Crippen LogP contribution in [0.1, 0.15) is 30.0 Å². The molecule has 4 heteroatoms. The molecule has 0 aliphatic heterocycles. The molecule has 3 nitrogen and oxygen atoms in total. The van der Waals surface area contributed by atoms with Crippen molar-refractivity contribution in [1.29, 1.82) is 0 Å². The second-order valence-electron chi connectivity index (χ2n) is 4.44. The number of rotatable bonds is 3. The molecule has 2 rings (SSSR count). The summed E-state index contributed by atoms with van der Waals surface area (Å²) < 4.78 is 5.53. The van der Waals surface area contributed by atoms with Crippen molar-refractivity contribution in [3.05, 3.63) is 46.4 Å². The number of aryl methyl sites for hydroxylation is 2. The molecule has 1 aromatic heterocycles. The third-order valence-electron chi connectivity index (χ3n) is 2.97. The van der Waals surface area contributed by atoms with Gasteiger partial charge in [0.15, 0.2) is 0 Å². The average Bonchev–Trinajstić information content (AvgIpc) is 2.64. The standard InChI is InChI=1S/C14H17ClN2O/c1-8-7-11(10(3)18-8)9(2)17-13-6-4-5-12(15)14(13)16/h4-7,9,17H,16H2,1-3H3. The summed E-state index contributed by atoms with van der Waals surface area (Å²) in [5.74, 6) is 1.84. The van der Waals surface area contributed by atoms with Crippen molar-refractivity contribution < 1.29 is 4.42 Å². The molecule has 1 aromatic carbocycles. The van der Waals surface area contributed by atoms with Gasteiger partial charge in [0.25, 0.3) is 0 Å². The molecule has 96 valence electrons. The summed E-state index contributed by atoms with van der Waals surface area (Å²) in [6, 6.07) is 7.72. The van der Waals surface area contributed by atoms with Gasteiger partial charge in [0.1, 0.15) is 11.5 Å². The minimum atomic E-state index is 0.114. The lowest BCUT2D eigenvalue weighted by Gasteiger charge is -2.16. The van der Waals surface area contributed by atoms with Crippen LogP contribution in [-0.4, -0.2) is 0 Å². The molecule has 2 aromatic rings. The van der Waals surface area contributed by atoms with E-state index in [1.807, 2.05) is 32.0 Å². The molecule has 0 aliphatic rings. The van der Waals surface area contributed by atoms with Gasteiger partial charge in [0.2, 0.25) is 0 Å². The van der Waals surface area contributed by atoms with Crippen LogP contribution in [0.4, 0.5) is 11.4 Å². The molecule has 3 N–H and O–H groups in total. The highest BCUT2D eigenvalue weighted by molar-refractivity contribution is 6.33. The Morgan fingerprint density at radius 1 is 1.33 bits per heavy atom. The summed E-state index contributed by atoms with van der Waals surface area (Å²) in [5, 5.41) is 3.91. The number of nitrogen functional groups attached to an aromatic ring is 1. The Hall–Kier alpha value is -1.61. The SMILES string of the molecule is Cc1cc(C(C)Nc2cccc(Cl)c2N)c(C)o1. The Morgan fingerprint density at radius 3 is 2.67 bits per heavy atom. The number of nitrogens with one attached hydrogen (secondary N) is 1. The van der Waals surface area contributed by atoms with Gasteiger partial charge in [-0.3, -0.25) is 0 Å². The smallest absolute Gasteiger partial charge is 0.106 e. The lowest BCUT2D eigenvalue weighted by Crippen LogP contribution is -2.08. The Bertz CT molecular complexity index is 563. The van der Waals surface area contributed by atoms with Gasteiger partial charge < -0.3 is 15.5 Å². The molecule has 0 fully saturated rings. The number of benzene rings is 1. The first-order valence-corrected chi connectivity index (χ1v) is 6.24. The average molecular weight is 265 g/mol. The number of anilines is 2. The van der Waals surface area contributed by atoms with Gasteiger partial charge in [-0.25, -0.2) is 0 Å². The van der Waals surface area contributed by atoms with E-state index in [2.05, 4.69) is 12.2 Å². The third kappa shape index (κ3) is 2.46. The van der Waals surface area contributed by atoms with E-state index in [9.17, 15) is 0 Å². The van der Waals surface area contributed by atoms with Crippen molar-refractivity contribution in [1.82, 2.24) is 0 Å². The fourth-order valence-electron chi connectivity index (χ4n) is 2.05. The van der Waals surface area contributed by atoms with Gasteiger partial charge in [0, 0.05) is 5.56 Å². The molecule has 1 heterocycles. The molecule has 0 saturated carbocycles. The van der Waals surface area contributed by atoms with Crippen LogP contribution in [0.15, 0.2) is 28.7 Å². The van der Waals surface area contributed by atoms with Gasteiger partial charge in [-0.15, -0.1) is 0 Å². The van der Waals surface area contributed by atoms with E-state index in [-0.39, 0.29) is 6.04 Å². The van der Waals surface area contributed by atoms with Gasteiger partial charge in [-0.05, 0) is 39.0 Å². The zero-order chi connectivity index (χ0) is 13.3. The molecular formula is C14H17ClN2O. The fourth-order valence-corrected chi connectivity index (χ4v) is 2.23. The van der Waals surface area contributed by atoms with Crippen LogP contribution >= 0.6 is 11.6 Å². The van der Waals surface area contributed by atoms with E-state index in [4.69, 9.17) is 21.8 Å². The van der Waals surface area contributed by atoms with Crippen LogP contribution in [0, 0.1) is 13.8 Å².